The molecular weight excluding hydrogens is 154 g/mol. The molecule has 12 heavy (non-hydrogen) atoms. The molecule has 0 aliphatic carbocycles. The van der Waals surface area contributed by atoms with Gasteiger partial charge in [0.25, 0.3) is 0 Å². The first kappa shape index (κ1) is 8.05. The fraction of sp³-hybridized carbons (Fsp3) is 0.889. The summed E-state index contributed by atoms with van der Waals surface area (Å²) in [5, 5.41) is 0. The predicted octanol–water partition coefficient (Wildman–Crippen LogP) is 0.645. The van der Waals surface area contributed by atoms with Crippen molar-refractivity contribution >= 4 is 5.91 Å². The van der Waals surface area contributed by atoms with Crippen molar-refractivity contribution in [1.29, 1.82) is 0 Å². The average Bonchev–Trinajstić information content (AvgIpc) is 2.03. The first-order valence-electron chi connectivity index (χ1n) is 4.74. The van der Waals surface area contributed by atoms with Crippen LogP contribution in [0, 0.1) is 5.92 Å². The van der Waals surface area contributed by atoms with E-state index in [0.717, 1.165) is 39.1 Å². The summed E-state index contributed by atoms with van der Waals surface area (Å²) in [6, 6.07) is 0. The molecule has 2 rings (SSSR count). The molecule has 2 heterocycles. The van der Waals surface area contributed by atoms with E-state index in [1.807, 2.05) is 4.90 Å². The lowest BCUT2D eigenvalue weighted by atomic mass is 9.97. The van der Waals surface area contributed by atoms with E-state index in [-0.39, 0.29) is 5.92 Å². The molecule has 0 radical (unpaired) electrons. The van der Waals surface area contributed by atoms with Gasteiger partial charge < -0.3 is 9.64 Å². The van der Waals surface area contributed by atoms with Crippen LogP contribution in [0.25, 0.3) is 0 Å². The monoisotopic (exact) mass is 169 g/mol. The van der Waals surface area contributed by atoms with E-state index >= 15 is 0 Å². The average molecular weight is 169 g/mol. The van der Waals surface area contributed by atoms with Crippen LogP contribution in [0.15, 0.2) is 0 Å². The molecule has 0 unspecified atom stereocenters. The van der Waals surface area contributed by atoms with Gasteiger partial charge in [-0.05, 0) is 19.3 Å². The minimum absolute atomic E-state index is 0.263. The molecule has 0 N–H and O–H groups in total. The fourth-order valence-corrected chi connectivity index (χ4v) is 1.74. The van der Waals surface area contributed by atoms with E-state index < -0.39 is 0 Å². The number of carbonyl (C=O) groups excluding carboxylic acids is 1. The third kappa shape index (κ3) is 1.46. The zero-order valence-corrected chi connectivity index (χ0v) is 7.29. The van der Waals surface area contributed by atoms with Crippen LogP contribution in [0.4, 0.5) is 0 Å². The number of hydrogen-bond donors (Lipinski definition) is 0. The maximum Gasteiger partial charge on any atom is 0.225 e. The lowest BCUT2D eigenvalue weighted by Gasteiger charge is -2.35. The number of amides is 1. The Balaban J connectivity index is 1.84. The molecule has 0 saturated carbocycles. The lowest BCUT2D eigenvalue weighted by Crippen LogP contribution is -2.46. The largest absolute Gasteiger partial charge is 0.381 e. The Morgan fingerprint density at radius 3 is 2.42 bits per heavy atom. The van der Waals surface area contributed by atoms with Gasteiger partial charge in [-0.15, -0.1) is 0 Å². The number of ether oxygens (including phenoxy) is 1. The highest BCUT2D eigenvalue weighted by Crippen LogP contribution is 2.20. The Morgan fingerprint density at radius 2 is 1.92 bits per heavy atom. The van der Waals surface area contributed by atoms with Gasteiger partial charge in [-0.2, -0.15) is 0 Å². The Hall–Kier alpha value is -0.570. The summed E-state index contributed by atoms with van der Waals surface area (Å²) in [4.78, 5) is 13.6. The first-order valence-corrected chi connectivity index (χ1v) is 4.74. The molecule has 0 aromatic rings. The summed E-state index contributed by atoms with van der Waals surface area (Å²) in [5.41, 5.74) is 0. The molecule has 0 aromatic carbocycles. The lowest BCUT2D eigenvalue weighted by molar-refractivity contribution is -0.142. The maximum atomic E-state index is 11.7. The molecule has 2 aliphatic rings. The third-order valence-corrected chi connectivity index (χ3v) is 2.74. The van der Waals surface area contributed by atoms with Gasteiger partial charge in [-0.3, -0.25) is 4.79 Å². The number of rotatable bonds is 1. The van der Waals surface area contributed by atoms with Crippen molar-refractivity contribution in [3.63, 3.8) is 0 Å². The summed E-state index contributed by atoms with van der Waals surface area (Å²) in [6.07, 6.45) is 3.04. The van der Waals surface area contributed by atoms with Gasteiger partial charge in [-0.25, -0.2) is 0 Å². The first-order chi connectivity index (χ1) is 5.88. The Kier molecular flexibility index (Phi) is 2.30. The minimum Gasteiger partial charge on any atom is -0.381 e. The molecule has 1 amide bonds. The Labute approximate surface area is 72.7 Å². The highest BCUT2D eigenvalue weighted by Gasteiger charge is 2.28. The second-order valence-electron chi connectivity index (χ2n) is 3.57. The highest BCUT2D eigenvalue weighted by molar-refractivity contribution is 5.79. The quantitative estimate of drug-likeness (QED) is 0.576. The van der Waals surface area contributed by atoms with E-state index in [4.69, 9.17) is 4.74 Å². The molecule has 68 valence electrons. The van der Waals surface area contributed by atoms with Crippen LogP contribution in [-0.4, -0.2) is 37.1 Å². The van der Waals surface area contributed by atoms with E-state index in [0.29, 0.717) is 5.91 Å². The summed E-state index contributed by atoms with van der Waals surface area (Å²) in [5.74, 6) is 0.628. The van der Waals surface area contributed by atoms with Crippen molar-refractivity contribution < 1.29 is 9.53 Å². The van der Waals surface area contributed by atoms with E-state index in [1.165, 1.54) is 6.42 Å². The second-order valence-corrected chi connectivity index (χ2v) is 3.57. The van der Waals surface area contributed by atoms with Crippen LogP contribution in [0.5, 0.6) is 0 Å². The smallest absolute Gasteiger partial charge is 0.225 e. The van der Waals surface area contributed by atoms with Crippen molar-refractivity contribution in [1.82, 2.24) is 4.90 Å². The SMILES string of the molecule is O=C(C1CCOCC1)N1CCC1. The van der Waals surface area contributed by atoms with Crippen molar-refractivity contribution in [2.45, 2.75) is 19.3 Å². The van der Waals surface area contributed by atoms with Gasteiger partial charge in [0, 0.05) is 32.2 Å². The van der Waals surface area contributed by atoms with Gasteiger partial charge in [0.1, 0.15) is 0 Å². The van der Waals surface area contributed by atoms with Gasteiger partial charge in [-0.1, -0.05) is 0 Å². The number of carbonyl (C=O) groups is 1. The molecule has 0 bridgehead atoms. The molecule has 0 aromatic heterocycles. The molecule has 0 spiro atoms. The third-order valence-electron chi connectivity index (χ3n) is 2.74. The van der Waals surface area contributed by atoms with Gasteiger partial charge in [0.05, 0.1) is 0 Å². The van der Waals surface area contributed by atoms with Gasteiger partial charge in [0.2, 0.25) is 5.91 Å². The summed E-state index contributed by atoms with van der Waals surface area (Å²) < 4.78 is 5.21. The second kappa shape index (κ2) is 3.44. The fourth-order valence-electron chi connectivity index (χ4n) is 1.74. The topological polar surface area (TPSA) is 29.5 Å². The van der Waals surface area contributed by atoms with Crippen molar-refractivity contribution in [3.8, 4) is 0 Å². The molecule has 2 saturated heterocycles. The summed E-state index contributed by atoms with van der Waals surface area (Å²) in [7, 11) is 0. The van der Waals surface area contributed by atoms with Crippen LogP contribution in [0.2, 0.25) is 0 Å². The zero-order valence-electron chi connectivity index (χ0n) is 7.29. The minimum atomic E-state index is 0.263. The molecular formula is C9H15NO2. The van der Waals surface area contributed by atoms with Crippen LogP contribution in [0.3, 0.4) is 0 Å². The van der Waals surface area contributed by atoms with Gasteiger partial charge >= 0.3 is 0 Å². The molecule has 0 atom stereocenters. The molecule has 3 nitrogen and oxygen atoms in total. The maximum absolute atomic E-state index is 11.7. The highest BCUT2D eigenvalue weighted by atomic mass is 16.5. The molecule has 3 heteroatoms. The van der Waals surface area contributed by atoms with Gasteiger partial charge in [0.15, 0.2) is 0 Å². The normalized spacial score (nSPS) is 25.2. The standard InChI is InChI=1S/C9H15NO2/c11-9(10-4-1-5-10)8-2-6-12-7-3-8/h8H,1-7H2. The molecule has 2 aliphatic heterocycles. The van der Waals surface area contributed by atoms with Crippen LogP contribution in [-0.2, 0) is 9.53 Å². The summed E-state index contributed by atoms with van der Waals surface area (Å²) in [6.45, 7) is 3.50. The van der Waals surface area contributed by atoms with E-state index in [9.17, 15) is 4.79 Å². The Morgan fingerprint density at radius 1 is 1.25 bits per heavy atom. The zero-order chi connectivity index (χ0) is 8.39. The van der Waals surface area contributed by atoms with Crippen molar-refractivity contribution in [2.24, 2.45) is 5.92 Å². The number of hydrogen-bond acceptors (Lipinski definition) is 2. The predicted molar refractivity (Wildman–Crippen MR) is 44.7 cm³/mol. The Bertz CT molecular complexity index is 171. The van der Waals surface area contributed by atoms with Crippen LogP contribution < -0.4 is 0 Å². The van der Waals surface area contributed by atoms with E-state index in [2.05, 4.69) is 0 Å². The number of nitrogens with zero attached hydrogens (tertiary/aromatic N) is 1. The van der Waals surface area contributed by atoms with Crippen molar-refractivity contribution in [3.05, 3.63) is 0 Å². The van der Waals surface area contributed by atoms with Crippen molar-refractivity contribution in [2.75, 3.05) is 26.3 Å². The summed E-state index contributed by atoms with van der Waals surface area (Å²) >= 11 is 0. The number of likely N-dealkylation sites (tertiary alicyclic amines) is 1. The van der Waals surface area contributed by atoms with Crippen LogP contribution >= 0.6 is 0 Å². The van der Waals surface area contributed by atoms with E-state index in [1.54, 1.807) is 0 Å². The molecule has 2 fully saturated rings. The van der Waals surface area contributed by atoms with Crippen LogP contribution in [0.1, 0.15) is 19.3 Å².